The minimum atomic E-state index is -1.63. The van der Waals surface area contributed by atoms with Crippen LogP contribution in [0.1, 0.15) is 11.6 Å². The van der Waals surface area contributed by atoms with Crippen molar-refractivity contribution in [1.82, 2.24) is 9.97 Å². The molecule has 0 aliphatic carbocycles. The number of ether oxygens (including phenoxy) is 1. The van der Waals surface area contributed by atoms with Crippen LogP contribution in [0.25, 0.3) is 11.0 Å². The van der Waals surface area contributed by atoms with E-state index in [0.717, 1.165) is 11.6 Å². The van der Waals surface area contributed by atoms with Crippen molar-refractivity contribution in [3.63, 3.8) is 0 Å². The molecule has 0 unspecified atom stereocenters. The van der Waals surface area contributed by atoms with Crippen molar-refractivity contribution in [1.29, 1.82) is 0 Å². The Morgan fingerprint density at radius 2 is 1.90 bits per heavy atom. The monoisotopic (exact) mass is 458 g/mol. The molecule has 0 radical (unpaired) electrons. The summed E-state index contributed by atoms with van der Waals surface area (Å²) in [5.41, 5.74) is -0.435. The highest BCUT2D eigenvalue weighted by Crippen LogP contribution is 2.19. The topological polar surface area (TPSA) is 134 Å². The Labute approximate surface area is 172 Å². The summed E-state index contributed by atoms with van der Waals surface area (Å²) in [7, 11) is 1.09. The number of H-pyrrole nitrogens is 1. The van der Waals surface area contributed by atoms with Crippen LogP contribution in [0.15, 0.2) is 63.0 Å². The standard InChI is InChI=1S/C19H15BrN4O5/c1-29-19(27)14(15-17(25)23-13-5-3-2-4-12(13)22-15)16(24-28)18(26)21-11-8-6-10(20)7-9-11/h2-9,14,28H,1H3,(H,21,26)(H,23,25)/b24-16+/t14-/m0/s1. The van der Waals surface area contributed by atoms with E-state index in [0.29, 0.717) is 16.7 Å². The maximum Gasteiger partial charge on any atom is 0.321 e. The second-order valence-corrected chi connectivity index (χ2v) is 6.79. The molecule has 148 valence electrons. The zero-order valence-corrected chi connectivity index (χ0v) is 16.6. The number of para-hydroxylation sites is 2. The molecule has 1 aromatic heterocycles. The van der Waals surface area contributed by atoms with Crippen molar-refractivity contribution in [2.24, 2.45) is 5.16 Å². The van der Waals surface area contributed by atoms with Gasteiger partial charge >= 0.3 is 5.97 Å². The Balaban J connectivity index is 2.04. The maximum absolute atomic E-state index is 12.7. The molecule has 0 fully saturated rings. The van der Waals surface area contributed by atoms with Gasteiger partial charge in [-0.1, -0.05) is 33.2 Å². The van der Waals surface area contributed by atoms with Crippen molar-refractivity contribution >= 4 is 50.2 Å². The largest absolute Gasteiger partial charge is 0.468 e. The number of nitrogens with zero attached hydrogens (tertiary/aromatic N) is 2. The van der Waals surface area contributed by atoms with Gasteiger partial charge in [0.05, 0.1) is 18.1 Å². The highest BCUT2D eigenvalue weighted by Gasteiger charge is 2.36. The lowest BCUT2D eigenvalue weighted by atomic mass is 9.98. The number of carbonyl (C=O) groups excluding carboxylic acids is 2. The molecule has 9 nitrogen and oxygen atoms in total. The Bertz CT molecular complexity index is 1160. The molecule has 29 heavy (non-hydrogen) atoms. The van der Waals surface area contributed by atoms with E-state index in [1.807, 2.05) is 0 Å². The summed E-state index contributed by atoms with van der Waals surface area (Å²) >= 11 is 3.28. The van der Waals surface area contributed by atoms with Gasteiger partial charge in [-0.15, -0.1) is 0 Å². The van der Waals surface area contributed by atoms with Gasteiger partial charge in [-0.05, 0) is 36.4 Å². The van der Waals surface area contributed by atoms with Crippen LogP contribution >= 0.6 is 15.9 Å². The number of hydrogen-bond acceptors (Lipinski definition) is 7. The fraction of sp³-hybridized carbons (Fsp3) is 0.105. The molecule has 1 amide bonds. The van der Waals surface area contributed by atoms with E-state index in [4.69, 9.17) is 4.74 Å². The minimum absolute atomic E-state index is 0.325. The number of nitrogens with one attached hydrogen (secondary N) is 2. The third-order valence-corrected chi connectivity index (χ3v) is 4.58. The molecule has 2 aromatic carbocycles. The number of oxime groups is 1. The van der Waals surface area contributed by atoms with Crippen molar-refractivity contribution in [2.75, 3.05) is 12.4 Å². The number of halogens is 1. The number of amides is 1. The number of carbonyl (C=O) groups is 2. The van der Waals surface area contributed by atoms with Crippen LogP contribution in [-0.4, -0.2) is 39.9 Å². The van der Waals surface area contributed by atoms with Crippen molar-refractivity contribution in [2.45, 2.75) is 5.92 Å². The van der Waals surface area contributed by atoms with Gasteiger partial charge in [0.15, 0.2) is 11.6 Å². The van der Waals surface area contributed by atoms with Crippen molar-refractivity contribution < 1.29 is 19.5 Å². The number of esters is 1. The van der Waals surface area contributed by atoms with Gasteiger partial charge in [0.25, 0.3) is 11.5 Å². The first kappa shape index (κ1) is 20.2. The fourth-order valence-corrected chi connectivity index (χ4v) is 2.94. The quantitative estimate of drug-likeness (QED) is 0.232. The average Bonchev–Trinajstić information content (AvgIpc) is 2.72. The van der Waals surface area contributed by atoms with E-state index < -0.39 is 29.1 Å². The highest BCUT2D eigenvalue weighted by atomic mass is 79.9. The van der Waals surface area contributed by atoms with Gasteiger partial charge in [0.2, 0.25) is 0 Å². The Kier molecular flexibility index (Phi) is 6.03. The predicted octanol–water partition coefficient (Wildman–Crippen LogP) is 2.41. The molecular formula is C19H15BrN4O5. The molecular weight excluding hydrogens is 444 g/mol. The number of benzene rings is 2. The van der Waals surface area contributed by atoms with E-state index in [1.54, 1.807) is 48.5 Å². The lowest BCUT2D eigenvalue weighted by Crippen LogP contribution is -2.37. The van der Waals surface area contributed by atoms with Crippen molar-refractivity contribution in [3.05, 3.63) is 69.1 Å². The molecule has 0 aliphatic rings. The van der Waals surface area contributed by atoms with Crippen LogP contribution < -0.4 is 10.9 Å². The second kappa shape index (κ2) is 8.65. The molecule has 3 aromatic rings. The first-order valence-electron chi connectivity index (χ1n) is 8.30. The number of anilines is 1. The highest BCUT2D eigenvalue weighted by molar-refractivity contribution is 9.10. The van der Waals surface area contributed by atoms with Crippen LogP contribution in [-0.2, 0) is 14.3 Å². The lowest BCUT2D eigenvalue weighted by Gasteiger charge is -2.15. The lowest BCUT2D eigenvalue weighted by molar-refractivity contribution is -0.141. The molecule has 0 spiro atoms. The van der Waals surface area contributed by atoms with E-state index in [2.05, 4.69) is 36.4 Å². The van der Waals surface area contributed by atoms with E-state index in [-0.39, 0.29) is 5.69 Å². The molecule has 1 atom stereocenters. The summed E-state index contributed by atoms with van der Waals surface area (Å²) in [6.07, 6.45) is 0. The van der Waals surface area contributed by atoms with Gasteiger partial charge in [-0.25, -0.2) is 4.98 Å². The Morgan fingerprint density at radius 1 is 1.21 bits per heavy atom. The molecule has 1 heterocycles. The van der Waals surface area contributed by atoms with Gasteiger partial charge in [0.1, 0.15) is 5.69 Å². The number of fused-ring (bicyclic) bond motifs is 1. The molecule has 3 N–H and O–H groups in total. The molecule has 3 rings (SSSR count). The van der Waals surface area contributed by atoms with Crippen LogP contribution in [0.3, 0.4) is 0 Å². The third-order valence-electron chi connectivity index (χ3n) is 4.05. The Hall–Kier alpha value is -3.53. The second-order valence-electron chi connectivity index (χ2n) is 5.87. The third kappa shape index (κ3) is 4.32. The Morgan fingerprint density at radius 3 is 2.55 bits per heavy atom. The van der Waals surface area contributed by atoms with Crippen LogP contribution in [0.2, 0.25) is 0 Å². The van der Waals surface area contributed by atoms with Gasteiger partial charge in [-0.3, -0.25) is 14.4 Å². The van der Waals surface area contributed by atoms with Gasteiger partial charge in [0, 0.05) is 10.2 Å². The van der Waals surface area contributed by atoms with E-state index in [1.165, 1.54) is 0 Å². The van der Waals surface area contributed by atoms with E-state index in [9.17, 15) is 19.6 Å². The molecule has 0 bridgehead atoms. The fourth-order valence-electron chi connectivity index (χ4n) is 2.67. The number of aromatic nitrogens is 2. The number of aromatic amines is 1. The van der Waals surface area contributed by atoms with Crippen molar-refractivity contribution in [3.8, 4) is 0 Å². The first-order valence-corrected chi connectivity index (χ1v) is 9.09. The van der Waals surface area contributed by atoms with Crippen LogP contribution in [0, 0.1) is 0 Å². The summed E-state index contributed by atoms with van der Waals surface area (Å²) in [6.45, 7) is 0. The molecule has 0 aliphatic heterocycles. The summed E-state index contributed by atoms with van der Waals surface area (Å²) < 4.78 is 5.52. The number of hydrogen-bond donors (Lipinski definition) is 3. The maximum atomic E-state index is 12.7. The molecule has 0 saturated carbocycles. The minimum Gasteiger partial charge on any atom is -0.468 e. The summed E-state index contributed by atoms with van der Waals surface area (Å²) in [4.78, 5) is 44.4. The number of rotatable bonds is 5. The van der Waals surface area contributed by atoms with Crippen LogP contribution in [0.5, 0.6) is 0 Å². The zero-order chi connectivity index (χ0) is 21.0. The molecule has 10 heteroatoms. The number of methoxy groups -OCH3 is 1. The van der Waals surface area contributed by atoms with Gasteiger partial charge in [-0.2, -0.15) is 0 Å². The summed E-state index contributed by atoms with van der Waals surface area (Å²) in [5, 5.41) is 14.9. The zero-order valence-electron chi connectivity index (χ0n) is 15.0. The smallest absolute Gasteiger partial charge is 0.321 e. The normalized spacial score (nSPS) is 12.4. The predicted molar refractivity (Wildman–Crippen MR) is 109 cm³/mol. The summed E-state index contributed by atoms with van der Waals surface area (Å²) in [6, 6.07) is 13.3. The van der Waals surface area contributed by atoms with Crippen LogP contribution in [0.4, 0.5) is 5.69 Å². The first-order chi connectivity index (χ1) is 13.9. The van der Waals surface area contributed by atoms with E-state index >= 15 is 0 Å². The summed E-state index contributed by atoms with van der Waals surface area (Å²) in [5.74, 6) is -3.49. The average molecular weight is 459 g/mol. The molecule has 0 saturated heterocycles. The SMILES string of the molecule is COC(=O)[C@H](/C(=N\O)C(=O)Nc1ccc(Br)cc1)c1nc2ccccc2[nH]c1=O. The van der Waals surface area contributed by atoms with Gasteiger partial charge < -0.3 is 20.2 Å².